The van der Waals surface area contributed by atoms with Crippen LogP contribution in [0.5, 0.6) is 5.75 Å². The standard InChI is InChI=1S/C17H27NO3/c1-5-6-7-11-18(16(20)21-17(2,3)4)13-14-9-8-10-15(19)12-14/h8-10,12,19H,5-7,11,13H2,1-4H3. The van der Waals surface area contributed by atoms with Crippen LogP contribution >= 0.6 is 0 Å². The average Bonchev–Trinajstić information content (AvgIpc) is 2.36. The molecule has 1 rings (SSSR count). The van der Waals surface area contributed by atoms with Gasteiger partial charge in [0.05, 0.1) is 0 Å². The van der Waals surface area contributed by atoms with Gasteiger partial charge in [0.1, 0.15) is 11.4 Å². The van der Waals surface area contributed by atoms with Gasteiger partial charge >= 0.3 is 6.09 Å². The van der Waals surface area contributed by atoms with Crippen LogP contribution in [-0.2, 0) is 11.3 Å². The van der Waals surface area contributed by atoms with Gasteiger partial charge in [0.15, 0.2) is 0 Å². The number of hydrogen-bond donors (Lipinski definition) is 1. The minimum atomic E-state index is -0.501. The van der Waals surface area contributed by atoms with E-state index in [1.54, 1.807) is 23.1 Å². The summed E-state index contributed by atoms with van der Waals surface area (Å²) in [6, 6.07) is 6.98. The summed E-state index contributed by atoms with van der Waals surface area (Å²) in [4.78, 5) is 14.0. The van der Waals surface area contributed by atoms with E-state index in [0.29, 0.717) is 13.1 Å². The Bertz CT molecular complexity index is 452. The summed E-state index contributed by atoms with van der Waals surface area (Å²) >= 11 is 0. The molecule has 0 saturated heterocycles. The van der Waals surface area contributed by atoms with E-state index in [9.17, 15) is 9.90 Å². The summed E-state index contributed by atoms with van der Waals surface area (Å²) in [5.74, 6) is 0.213. The first-order valence-corrected chi connectivity index (χ1v) is 7.57. The van der Waals surface area contributed by atoms with Gasteiger partial charge in [-0.3, -0.25) is 0 Å². The fraction of sp³-hybridized carbons (Fsp3) is 0.588. The Kier molecular flexibility index (Phi) is 6.53. The van der Waals surface area contributed by atoms with Gasteiger partial charge < -0.3 is 14.7 Å². The lowest BCUT2D eigenvalue weighted by Gasteiger charge is -2.27. The Hall–Kier alpha value is -1.71. The lowest BCUT2D eigenvalue weighted by atomic mass is 10.2. The van der Waals surface area contributed by atoms with Crippen molar-refractivity contribution >= 4 is 6.09 Å². The largest absolute Gasteiger partial charge is 0.508 e. The normalized spacial score (nSPS) is 11.2. The van der Waals surface area contributed by atoms with Crippen molar-refractivity contribution in [1.82, 2.24) is 4.90 Å². The van der Waals surface area contributed by atoms with Crippen LogP contribution < -0.4 is 0 Å². The van der Waals surface area contributed by atoms with E-state index in [0.717, 1.165) is 24.8 Å². The first-order valence-electron chi connectivity index (χ1n) is 7.57. The molecule has 0 heterocycles. The Morgan fingerprint density at radius 3 is 2.57 bits per heavy atom. The number of nitrogens with zero attached hydrogens (tertiary/aromatic N) is 1. The van der Waals surface area contributed by atoms with Gasteiger partial charge in [-0.2, -0.15) is 0 Å². The second-order valence-corrected chi connectivity index (χ2v) is 6.28. The highest BCUT2D eigenvalue weighted by Gasteiger charge is 2.22. The highest BCUT2D eigenvalue weighted by molar-refractivity contribution is 5.68. The van der Waals surface area contributed by atoms with E-state index in [1.165, 1.54) is 0 Å². The molecule has 4 nitrogen and oxygen atoms in total. The van der Waals surface area contributed by atoms with Gasteiger partial charge in [-0.05, 0) is 44.9 Å². The number of unbranched alkanes of at least 4 members (excludes halogenated alkanes) is 2. The molecule has 0 fully saturated rings. The van der Waals surface area contributed by atoms with Crippen molar-refractivity contribution in [3.8, 4) is 5.75 Å². The molecule has 0 unspecified atom stereocenters. The highest BCUT2D eigenvalue weighted by atomic mass is 16.6. The molecule has 0 atom stereocenters. The molecule has 1 aromatic rings. The Morgan fingerprint density at radius 1 is 1.29 bits per heavy atom. The van der Waals surface area contributed by atoms with Gasteiger partial charge in [-0.15, -0.1) is 0 Å². The first-order chi connectivity index (χ1) is 9.81. The van der Waals surface area contributed by atoms with Gasteiger partial charge in [0.2, 0.25) is 0 Å². The van der Waals surface area contributed by atoms with Crippen LogP contribution in [0.4, 0.5) is 4.79 Å². The maximum Gasteiger partial charge on any atom is 0.410 e. The zero-order chi connectivity index (χ0) is 15.9. The molecule has 0 saturated carbocycles. The molecule has 1 amide bonds. The zero-order valence-electron chi connectivity index (χ0n) is 13.6. The molecule has 1 aromatic carbocycles. The molecule has 0 aliphatic rings. The molecule has 0 spiro atoms. The third-order valence-corrected chi connectivity index (χ3v) is 2.97. The maximum atomic E-state index is 12.3. The van der Waals surface area contributed by atoms with Crippen LogP contribution in [0.2, 0.25) is 0 Å². The lowest BCUT2D eigenvalue weighted by Crippen LogP contribution is -2.37. The van der Waals surface area contributed by atoms with E-state index in [2.05, 4.69) is 6.92 Å². The Labute approximate surface area is 127 Å². The van der Waals surface area contributed by atoms with Gasteiger partial charge in [0, 0.05) is 13.1 Å². The lowest BCUT2D eigenvalue weighted by molar-refractivity contribution is 0.0230. The van der Waals surface area contributed by atoms with Crippen molar-refractivity contribution in [2.24, 2.45) is 0 Å². The molecular weight excluding hydrogens is 266 g/mol. The SMILES string of the molecule is CCCCCN(Cc1cccc(O)c1)C(=O)OC(C)(C)C. The number of phenolic OH excluding ortho intramolecular Hbond substituents is 1. The predicted molar refractivity (Wildman–Crippen MR) is 84.3 cm³/mol. The number of hydrogen-bond acceptors (Lipinski definition) is 3. The summed E-state index contributed by atoms with van der Waals surface area (Å²) in [6.07, 6.45) is 2.84. The highest BCUT2D eigenvalue weighted by Crippen LogP contribution is 2.16. The summed E-state index contributed by atoms with van der Waals surface area (Å²) < 4.78 is 5.46. The maximum absolute atomic E-state index is 12.3. The van der Waals surface area contributed by atoms with Crippen LogP contribution in [0.1, 0.15) is 52.5 Å². The molecule has 21 heavy (non-hydrogen) atoms. The third kappa shape index (κ3) is 7.02. The van der Waals surface area contributed by atoms with Crippen molar-refractivity contribution in [3.05, 3.63) is 29.8 Å². The fourth-order valence-corrected chi connectivity index (χ4v) is 1.99. The number of ether oxygens (including phenoxy) is 1. The monoisotopic (exact) mass is 293 g/mol. The first kappa shape index (κ1) is 17.3. The topological polar surface area (TPSA) is 49.8 Å². The van der Waals surface area contributed by atoms with Gasteiger partial charge in [-0.25, -0.2) is 4.79 Å². The van der Waals surface area contributed by atoms with Crippen molar-refractivity contribution in [3.63, 3.8) is 0 Å². The molecule has 0 aliphatic heterocycles. The van der Waals surface area contributed by atoms with E-state index >= 15 is 0 Å². The minimum Gasteiger partial charge on any atom is -0.508 e. The number of carbonyl (C=O) groups excluding carboxylic acids is 1. The van der Waals surface area contributed by atoms with Crippen molar-refractivity contribution in [1.29, 1.82) is 0 Å². The zero-order valence-corrected chi connectivity index (χ0v) is 13.6. The van der Waals surface area contributed by atoms with E-state index in [-0.39, 0.29) is 11.8 Å². The second-order valence-electron chi connectivity index (χ2n) is 6.28. The van der Waals surface area contributed by atoms with Crippen LogP contribution in [0.25, 0.3) is 0 Å². The molecule has 0 aliphatic carbocycles. The smallest absolute Gasteiger partial charge is 0.410 e. The van der Waals surface area contributed by atoms with E-state index in [4.69, 9.17) is 4.74 Å². The van der Waals surface area contributed by atoms with E-state index < -0.39 is 5.60 Å². The molecule has 0 radical (unpaired) electrons. The van der Waals surface area contributed by atoms with Gasteiger partial charge in [0.25, 0.3) is 0 Å². The molecule has 1 N–H and O–H groups in total. The summed E-state index contributed by atoms with van der Waals surface area (Å²) in [6.45, 7) is 8.84. The predicted octanol–water partition coefficient (Wildman–Crippen LogP) is 4.32. The number of amides is 1. The van der Waals surface area contributed by atoms with Crippen LogP contribution in [-0.4, -0.2) is 28.2 Å². The van der Waals surface area contributed by atoms with Crippen molar-refractivity contribution in [2.45, 2.75) is 59.1 Å². The molecule has 118 valence electrons. The average molecular weight is 293 g/mol. The number of rotatable bonds is 6. The van der Waals surface area contributed by atoms with Crippen molar-refractivity contribution < 1.29 is 14.6 Å². The number of phenols is 1. The number of aromatic hydroxyl groups is 1. The molecule has 4 heteroatoms. The summed E-state index contributed by atoms with van der Waals surface area (Å²) in [5, 5.41) is 9.53. The van der Waals surface area contributed by atoms with Crippen LogP contribution in [0.3, 0.4) is 0 Å². The van der Waals surface area contributed by atoms with Crippen LogP contribution in [0, 0.1) is 0 Å². The summed E-state index contributed by atoms with van der Waals surface area (Å²) in [5.41, 5.74) is 0.399. The number of carbonyl (C=O) groups is 1. The number of benzene rings is 1. The quantitative estimate of drug-likeness (QED) is 0.795. The van der Waals surface area contributed by atoms with E-state index in [1.807, 2.05) is 26.8 Å². The fourth-order valence-electron chi connectivity index (χ4n) is 1.99. The van der Waals surface area contributed by atoms with Gasteiger partial charge in [-0.1, -0.05) is 31.9 Å². The second kappa shape index (κ2) is 7.91. The molecule has 0 aromatic heterocycles. The minimum absolute atomic E-state index is 0.213. The molecular formula is C17H27NO3. The Balaban J connectivity index is 2.74. The Morgan fingerprint density at radius 2 is 2.00 bits per heavy atom. The third-order valence-electron chi connectivity index (χ3n) is 2.97. The van der Waals surface area contributed by atoms with Crippen LogP contribution in [0.15, 0.2) is 24.3 Å². The molecule has 0 bridgehead atoms. The van der Waals surface area contributed by atoms with Crippen molar-refractivity contribution in [2.75, 3.05) is 6.54 Å². The summed E-state index contributed by atoms with van der Waals surface area (Å²) in [7, 11) is 0.